The molecule has 3 aromatic rings. The maximum Gasteiger partial charge on any atom is 0.434 e. The number of phenolic OH excluding ortho intramolecular Hbond substituents is 1. The largest absolute Gasteiger partial charge is 0.508 e. The Kier molecular flexibility index (Phi) is 9.00. The predicted octanol–water partition coefficient (Wildman–Crippen LogP) is 2.92. The number of hydrogen-bond donors (Lipinski definition) is 5. The van der Waals surface area contributed by atoms with Crippen LogP contribution < -0.4 is 16.0 Å². The molecular formula is C23H22F3N5O5S. The van der Waals surface area contributed by atoms with E-state index >= 15 is 0 Å². The second-order valence-corrected chi connectivity index (χ2v) is 8.65. The summed E-state index contributed by atoms with van der Waals surface area (Å²) < 4.78 is 40.9. The number of aryl methyl sites for hydroxylation is 1. The maximum absolute atomic E-state index is 13.6. The number of carboxylic acids is 1. The van der Waals surface area contributed by atoms with Crippen molar-refractivity contribution >= 4 is 35.1 Å². The van der Waals surface area contributed by atoms with Crippen molar-refractivity contribution < 1.29 is 37.8 Å². The summed E-state index contributed by atoms with van der Waals surface area (Å²) in [6.45, 7) is -0.345. The molecule has 0 fully saturated rings. The van der Waals surface area contributed by atoms with Gasteiger partial charge in [-0.2, -0.15) is 13.2 Å². The van der Waals surface area contributed by atoms with Gasteiger partial charge in [0.15, 0.2) is 5.69 Å². The Labute approximate surface area is 212 Å². The molecule has 3 rings (SSSR count). The summed E-state index contributed by atoms with van der Waals surface area (Å²) in [4.78, 5) is 43.6. The van der Waals surface area contributed by atoms with Crippen molar-refractivity contribution in [2.45, 2.75) is 25.1 Å². The van der Waals surface area contributed by atoms with Gasteiger partial charge in [-0.15, -0.1) is 11.3 Å². The number of carboxylic acid groups (broad SMARTS) is 1. The van der Waals surface area contributed by atoms with Gasteiger partial charge in [0, 0.05) is 19.3 Å². The Morgan fingerprint density at radius 3 is 2.54 bits per heavy atom. The van der Waals surface area contributed by atoms with E-state index in [2.05, 4.69) is 20.6 Å². The van der Waals surface area contributed by atoms with E-state index in [4.69, 9.17) is 0 Å². The van der Waals surface area contributed by atoms with Crippen molar-refractivity contribution in [2.24, 2.45) is 0 Å². The Morgan fingerprint density at radius 2 is 1.89 bits per heavy atom. The predicted molar refractivity (Wildman–Crippen MR) is 127 cm³/mol. The fraction of sp³-hybridized carbons (Fsp3) is 0.261. The molecule has 5 N–H and O–H groups in total. The highest BCUT2D eigenvalue weighted by Crippen LogP contribution is 2.31. The molecule has 196 valence electrons. The van der Waals surface area contributed by atoms with Crippen molar-refractivity contribution in [1.29, 1.82) is 0 Å². The van der Waals surface area contributed by atoms with Crippen LogP contribution in [0.4, 0.5) is 19.1 Å². The summed E-state index contributed by atoms with van der Waals surface area (Å²) >= 11 is 1.11. The molecule has 0 spiro atoms. The molecule has 1 unspecified atom stereocenters. The highest BCUT2D eigenvalue weighted by molar-refractivity contribution is 7.12. The third-order valence-corrected chi connectivity index (χ3v) is 5.82. The number of alkyl halides is 3. The van der Waals surface area contributed by atoms with E-state index in [-0.39, 0.29) is 18.2 Å². The average molecular weight is 538 g/mol. The van der Waals surface area contributed by atoms with Crippen molar-refractivity contribution in [2.75, 3.05) is 18.4 Å². The van der Waals surface area contributed by atoms with Crippen molar-refractivity contribution in [1.82, 2.24) is 20.6 Å². The Hall–Kier alpha value is -4.20. The standard InChI is InChI=1S/C23H22F3N5O5S/c24-23(25,26)18-15(11-29-22(31-18)27-8-2-5-13-4-1-6-14(32)10-13)19(33)30-16(21(35)36)12-28-20(34)17-7-3-9-37-17/h1,3-4,6-7,9-11,16,32H,2,5,8,12H2,(H,28,34)(H,30,33)(H,35,36)(H,27,29,31). The number of nitrogens with zero attached hydrogens (tertiary/aromatic N) is 2. The van der Waals surface area contributed by atoms with E-state index in [1.165, 1.54) is 12.1 Å². The van der Waals surface area contributed by atoms with Gasteiger partial charge in [0.1, 0.15) is 11.8 Å². The number of thiophene rings is 1. The molecule has 14 heteroatoms. The van der Waals surface area contributed by atoms with Crippen molar-refractivity contribution in [3.63, 3.8) is 0 Å². The SMILES string of the molecule is O=C(NCC(NC(=O)c1cnc(NCCCc2cccc(O)c2)nc1C(F)(F)F)C(=O)O)c1cccs1. The number of aromatic nitrogens is 2. The van der Waals surface area contributed by atoms with E-state index in [0.717, 1.165) is 16.9 Å². The van der Waals surface area contributed by atoms with Gasteiger partial charge in [0.25, 0.3) is 11.8 Å². The number of nitrogens with one attached hydrogen (secondary N) is 3. The second-order valence-electron chi connectivity index (χ2n) is 7.71. The van der Waals surface area contributed by atoms with Gasteiger partial charge >= 0.3 is 12.1 Å². The van der Waals surface area contributed by atoms with Gasteiger partial charge in [-0.3, -0.25) is 9.59 Å². The quantitative estimate of drug-likeness (QED) is 0.234. The smallest absolute Gasteiger partial charge is 0.434 e. The van der Waals surface area contributed by atoms with Crippen LogP contribution in [0.2, 0.25) is 0 Å². The first-order chi connectivity index (χ1) is 17.5. The van der Waals surface area contributed by atoms with Gasteiger partial charge < -0.3 is 26.2 Å². The molecule has 0 radical (unpaired) electrons. The summed E-state index contributed by atoms with van der Waals surface area (Å²) in [5.41, 5.74) is -1.67. The molecule has 2 heterocycles. The molecule has 10 nitrogen and oxygen atoms in total. The molecule has 0 aliphatic heterocycles. The number of benzene rings is 1. The monoisotopic (exact) mass is 537 g/mol. The first kappa shape index (κ1) is 27.4. The van der Waals surface area contributed by atoms with Crippen LogP contribution in [0, 0.1) is 0 Å². The number of aromatic hydroxyl groups is 1. The first-order valence-corrected chi connectivity index (χ1v) is 11.7. The topological polar surface area (TPSA) is 154 Å². The van der Waals surface area contributed by atoms with Crippen LogP contribution in [0.1, 0.15) is 37.7 Å². The number of carbonyl (C=O) groups is 3. The number of hydrogen-bond acceptors (Lipinski definition) is 8. The molecule has 0 saturated carbocycles. The zero-order valence-electron chi connectivity index (χ0n) is 19.1. The van der Waals surface area contributed by atoms with Gasteiger partial charge in [-0.25, -0.2) is 14.8 Å². The van der Waals surface area contributed by atoms with Crippen LogP contribution in [0.3, 0.4) is 0 Å². The third-order valence-electron chi connectivity index (χ3n) is 4.95. The highest BCUT2D eigenvalue weighted by Gasteiger charge is 2.39. The van der Waals surface area contributed by atoms with Crippen LogP contribution in [-0.2, 0) is 17.4 Å². The summed E-state index contributed by atoms with van der Waals surface area (Å²) in [6.07, 6.45) is -3.34. The van der Waals surface area contributed by atoms with Crippen LogP contribution in [0.15, 0.2) is 48.0 Å². The molecule has 0 bridgehead atoms. The number of anilines is 1. The number of amides is 2. The number of rotatable bonds is 11. The molecule has 1 aromatic carbocycles. The minimum atomic E-state index is -5.03. The molecular weight excluding hydrogens is 515 g/mol. The summed E-state index contributed by atoms with van der Waals surface area (Å²) in [7, 11) is 0. The Bertz CT molecular complexity index is 1250. The average Bonchev–Trinajstić information content (AvgIpc) is 3.38. The minimum Gasteiger partial charge on any atom is -0.508 e. The van der Waals surface area contributed by atoms with Crippen LogP contribution in [-0.4, -0.2) is 57.1 Å². The fourth-order valence-electron chi connectivity index (χ4n) is 3.18. The summed E-state index contributed by atoms with van der Waals surface area (Å²) in [5.74, 6) is -3.76. The molecule has 1 atom stereocenters. The molecule has 0 aliphatic carbocycles. The Balaban J connectivity index is 1.64. The van der Waals surface area contributed by atoms with Gasteiger partial charge in [-0.1, -0.05) is 18.2 Å². The van der Waals surface area contributed by atoms with Crippen LogP contribution in [0.5, 0.6) is 5.75 Å². The molecule has 37 heavy (non-hydrogen) atoms. The lowest BCUT2D eigenvalue weighted by Crippen LogP contribution is -2.48. The molecule has 2 amide bonds. The third kappa shape index (κ3) is 7.90. The Morgan fingerprint density at radius 1 is 1.11 bits per heavy atom. The number of carbonyl (C=O) groups excluding carboxylic acids is 2. The number of halogens is 3. The number of phenols is 1. The van der Waals surface area contributed by atoms with E-state index in [9.17, 15) is 37.8 Å². The zero-order valence-corrected chi connectivity index (χ0v) is 19.9. The van der Waals surface area contributed by atoms with Crippen molar-refractivity contribution in [3.8, 4) is 5.75 Å². The minimum absolute atomic E-state index is 0.104. The normalized spacial score (nSPS) is 12.0. The van der Waals surface area contributed by atoms with E-state index in [0.29, 0.717) is 23.9 Å². The molecule has 0 aliphatic rings. The van der Waals surface area contributed by atoms with Crippen LogP contribution in [0.25, 0.3) is 0 Å². The second kappa shape index (κ2) is 12.2. The lowest BCUT2D eigenvalue weighted by Gasteiger charge is -2.17. The summed E-state index contributed by atoms with van der Waals surface area (Å²) in [6, 6.07) is 7.98. The van der Waals surface area contributed by atoms with Crippen LogP contribution >= 0.6 is 11.3 Å². The lowest BCUT2D eigenvalue weighted by atomic mass is 10.1. The van der Waals surface area contributed by atoms with Crippen molar-refractivity contribution in [3.05, 3.63) is 69.7 Å². The van der Waals surface area contributed by atoms with Gasteiger partial charge in [0.2, 0.25) is 5.95 Å². The molecule has 0 saturated heterocycles. The van der Waals surface area contributed by atoms with E-state index in [1.807, 2.05) is 5.32 Å². The van der Waals surface area contributed by atoms with Gasteiger partial charge in [0.05, 0.1) is 10.4 Å². The zero-order chi connectivity index (χ0) is 27.0. The fourth-order valence-corrected chi connectivity index (χ4v) is 3.82. The van der Waals surface area contributed by atoms with E-state index in [1.54, 1.807) is 29.6 Å². The molecule has 2 aromatic heterocycles. The lowest BCUT2D eigenvalue weighted by molar-refractivity contribution is -0.141. The number of aliphatic carboxylic acids is 1. The highest BCUT2D eigenvalue weighted by atomic mass is 32.1. The van der Waals surface area contributed by atoms with E-state index < -0.39 is 47.8 Å². The summed E-state index contributed by atoms with van der Waals surface area (Å²) in [5, 5.41) is 27.4. The van der Waals surface area contributed by atoms with Gasteiger partial charge in [-0.05, 0) is 42.0 Å². The first-order valence-electron chi connectivity index (χ1n) is 10.9. The maximum atomic E-state index is 13.6.